The Morgan fingerprint density at radius 2 is 2.11 bits per heavy atom. The van der Waals surface area contributed by atoms with Gasteiger partial charge in [-0.25, -0.2) is 0 Å². The Hall–Kier alpha value is -1.55. The number of amides is 1. The van der Waals surface area contributed by atoms with Gasteiger partial charge in [-0.15, -0.1) is 0 Å². The third kappa shape index (κ3) is 2.48. The van der Waals surface area contributed by atoms with Crippen molar-refractivity contribution in [1.29, 1.82) is 0 Å². The summed E-state index contributed by atoms with van der Waals surface area (Å²) in [5, 5.41) is 2.91. The molecule has 2 rings (SSSR count). The molecular weight excluding hydrogens is 228 g/mol. The zero-order valence-electron chi connectivity index (χ0n) is 11.1. The molecule has 1 aromatic rings. The van der Waals surface area contributed by atoms with Crippen LogP contribution in [0.25, 0.3) is 0 Å². The lowest BCUT2D eigenvalue weighted by Gasteiger charge is -2.16. The van der Waals surface area contributed by atoms with Gasteiger partial charge in [-0.1, -0.05) is 13.0 Å². The lowest BCUT2D eigenvalue weighted by Crippen LogP contribution is -2.31. The van der Waals surface area contributed by atoms with Crippen molar-refractivity contribution >= 4 is 17.3 Å². The summed E-state index contributed by atoms with van der Waals surface area (Å²) >= 11 is 0. The predicted octanol–water partition coefficient (Wildman–Crippen LogP) is 2.25. The number of hydrogen-bond donors (Lipinski definition) is 2. The van der Waals surface area contributed by atoms with Gasteiger partial charge in [0.05, 0.1) is 0 Å². The monoisotopic (exact) mass is 248 g/mol. The first-order chi connectivity index (χ1) is 8.49. The van der Waals surface area contributed by atoms with Crippen LogP contribution in [0.1, 0.15) is 24.5 Å². The van der Waals surface area contributed by atoms with Gasteiger partial charge in [0.25, 0.3) is 5.91 Å². The van der Waals surface area contributed by atoms with E-state index in [9.17, 15) is 4.79 Å². The van der Waals surface area contributed by atoms with E-state index in [4.69, 9.17) is 10.5 Å². The Bertz CT molecular complexity index is 471. The van der Waals surface area contributed by atoms with E-state index in [1.807, 2.05) is 32.9 Å². The molecule has 98 valence electrons. The first-order valence-electron chi connectivity index (χ1n) is 6.28. The van der Waals surface area contributed by atoms with E-state index in [1.54, 1.807) is 0 Å². The van der Waals surface area contributed by atoms with E-state index in [2.05, 4.69) is 5.32 Å². The van der Waals surface area contributed by atoms with E-state index in [0.29, 0.717) is 12.3 Å². The maximum atomic E-state index is 12.1. The van der Waals surface area contributed by atoms with Crippen LogP contribution in [0.15, 0.2) is 12.1 Å². The van der Waals surface area contributed by atoms with Crippen molar-refractivity contribution in [2.45, 2.75) is 33.3 Å². The number of nitrogens with one attached hydrogen (secondary N) is 1. The average molecular weight is 248 g/mol. The molecular formula is C14H20N2O2. The molecule has 1 saturated heterocycles. The van der Waals surface area contributed by atoms with Gasteiger partial charge in [0.1, 0.15) is 6.10 Å². The number of carbonyl (C=O) groups is 1. The first-order valence-corrected chi connectivity index (χ1v) is 6.28. The molecule has 1 fully saturated rings. The molecule has 1 aliphatic rings. The Kier molecular flexibility index (Phi) is 3.57. The molecule has 0 spiro atoms. The molecule has 4 nitrogen and oxygen atoms in total. The van der Waals surface area contributed by atoms with Crippen molar-refractivity contribution in [2.24, 2.45) is 5.92 Å². The number of carbonyl (C=O) groups excluding carboxylic acids is 1. The standard InChI is InChI=1S/C14H20N2O2/c1-8-4-5-18-13(8)14(17)16-12-7-11(15)9(2)6-10(12)3/h6-8,13H,4-5,15H2,1-3H3,(H,16,17). The van der Waals surface area contributed by atoms with Gasteiger partial charge in [-0.05, 0) is 43.4 Å². The largest absolute Gasteiger partial charge is 0.398 e. The lowest BCUT2D eigenvalue weighted by molar-refractivity contribution is -0.126. The maximum absolute atomic E-state index is 12.1. The van der Waals surface area contributed by atoms with Gasteiger partial charge < -0.3 is 15.8 Å². The van der Waals surface area contributed by atoms with Crippen LogP contribution in [0.2, 0.25) is 0 Å². The van der Waals surface area contributed by atoms with Crippen LogP contribution >= 0.6 is 0 Å². The SMILES string of the molecule is Cc1cc(C)c(NC(=O)C2OCCC2C)cc1N. The second-order valence-electron chi connectivity index (χ2n) is 5.07. The van der Waals surface area contributed by atoms with E-state index < -0.39 is 0 Å². The highest BCUT2D eigenvalue weighted by Gasteiger charge is 2.31. The van der Waals surface area contributed by atoms with Crippen molar-refractivity contribution in [3.05, 3.63) is 23.3 Å². The van der Waals surface area contributed by atoms with Gasteiger partial charge >= 0.3 is 0 Å². The molecule has 4 heteroatoms. The normalized spacial score (nSPS) is 23.1. The highest BCUT2D eigenvalue weighted by atomic mass is 16.5. The minimum Gasteiger partial charge on any atom is -0.398 e. The summed E-state index contributed by atoms with van der Waals surface area (Å²) in [4.78, 5) is 12.1. The molecule has 0 aliphatic carbocycles. The summed E-state index contributed by atoms with van der Waals surface area (Å²) in [5.74, 6) is 0.194. The molecule has 0 bridgehead atoms. The number of nitrogen functional groups attached to an aromatic ring is 1. The van der Waals surface area contributed by atoms with Crippen LogP contribution in [0.4, 0.5) is 11.4 Å². The minimum atomic E-state index is -0.341. The van der Waals surface area contributed by atoms with E-state index in [-0.39, 0.29) is 17.9 Å². The minimum absolute atomic E-state index is 0.0775. The van der Waals surface area contributed by atoms with Crippen LogP contribution in [0.5, 0.6) is 0 Å². The molecule has 1 heterocycles. The fraction of sp³-hybridized carbons (Fsp3) is 0.500. The third-order valence-electron chi connectivity index (χ3n) is 3.52. The smallest absolute Gasteiger partial charge is 0.253 e. The number of ether oxygens (including phenoxy) is 1. The zero-order valence-corrected chi connectivity index (χ0v) is 11.1. The molecule has 0 radical (unpaired) electrons. The number of nitrogens with two attached hydrogens (primary N) is 1. The van der Waals surface area contributed by atoms with Gasteiger partial charge in [0.15, 0.2) is 0 Å². The number of anilines is 2. The first kappa shape index (κ1) is 12.9. The van der Waals surface area contributed by atoms with E-state index in [1.165, 1.54) is 0 Å². The van der Waals surface area contributed by atoms with Crippen LogP contribution in [-0.4, -0.2) is 18.6 Å². The summed E-state index contributed by atoms with van der Waals surface area (Å²) in [5.41, 5.74) is 9.36. The van der Waals surface area contributed by atoms with E-state index >= 15 is 0 Å². The van der Waals surface area contributed by atoms with Gasteiger partial charge in [-0.3, -0.25) is 4.79 Å². The summed E-state index contributed by atoms with van der Waals surface area (Å²) in [6.07, 6.45) is 0.597. The highest BCUT2D eigenvalue weighted by molar-refractivity contribution is 5.95. The summed E-state index contributed by atoms with van der Waals surface area (Å²) in [7, 11) is 0. The average Bonchev–Trinajstić information content (AvgIpc) is 2.72. The Morgan fingerprint density at radius 1 is 1.39 bits per heavy atom. The molecule has 0 aromatic heterocycles. The number of hydrogen-bond acceptors (Lipinski definition) is 3. The van der Waals surface area contributed by atoms with Crippen LogP contribution in [0.3, 0.4) is 0 Å². The molecule has 2 atom stereocenters. The lowest BCUT2D eigenvalue weighted by atomic mass is 10.0. The van der Waals surface area contributed by atoms with Crippen molar-refractivity contribution in [3.8, 4) is 0 Å². The molecule has 1 aromatic carbocycles. The molecule has 1 amide bonds. The van der Waals surface area contributed by atoms with E-state index in [0.717, 1.165) is 23.2 Å². The van der Waals surface area contributed by atoms with Crippen LogP contribution < -0.4 is 11.1 Å². The Morgan fingerprint density at radius 3 is 2.72 bits per heavy atom. The topological polar surface area (TPSA) is 64.3 Å². The molecule has 18 heavy (non-hydrogen) atoms. The number of aryl methyl sites for hydroxylation is 2. The van der Waals surface area contributed by atoms with Crippen molar-refractivity contribution in [2.75, 3.05) is 17.7 Å². The van der Waals surface area contributed by atoms with Crippen LogP contribution in [0, 0.1) is 19.8 Å². The van der Waals surface area contributed by atoms with Crippen molar-refractivity contribution in [3.63, 3.8) is 0 Å². The second-order valence-corrected chi connectivity index (χ2v) is 5.07. The Balaban J connectivity index is 2.14. The number of rotatable bonds is 2. The van der Waals surface area contributed by atoms with Crippen LogP contribution in [-0.2, 0) is 9.53 Å². The zero-order chi connectivity index (χ0) is 13.3. The molecule has 0 saturated carbocycles. The fourth-order valence-electron chi connectivity index (χ4n) is 2.24. The quantitative estimate of drug-likeness (QED) is 0.789. The molecule has 2 unspecified atom stereocenters. The third-order valence-corrected chi connectivity index (χ3v) is 3.52. The fourth-order valence-corrected chi connectivity index (χ4v) is 2.24. The highest BCUT2D eigenvalue weighted by Crippen LogP contribution is 2.25. The van der Waals surface area contributed by atoms with Gasteiger partial charge in [0, 0.05) is 18.0 Å². The summed E-state index contributed by atoms with van der Waals surface area (Å²) in [6.45, 7) is 6.61. The molecule has 3 N–H and O–H groups in total. The summed E-state index contributed by atoms with van der Waals surface area (Å²) < 4.78 is 5.45. The van der Waals surface area contributed by atoms with Gasteiger partial charge in [0.2, 0.25) is 0 Å². The van der Waals surface area contributed by atoms with Crippen molar-refractivity contribution < 1.29 is 9.53 Å². The van der Waals surface area contributed by atoms with Gasteiger partial charge in [-0.2, -0.15) is 0 Å². The predicted molar refractivity (Wildman–Crippen MR) is 72.5 cm³/mol. The maximum Gasteiger partial charge on any atom is 0.253 e. The second kappa shape index (κ2) is 4.98. The molecule has 1 aliphatic heterocycles. The summed E-state index contributed by atoms with van der Waals surface area (Å²) in [6, 6.07) is 3.78. The number of benzene rings is 1. The Labute approximate surface area is 108 Å². The van der Waals surface area contributed by atoms with Crippen molar-refractivity contribution in [1.82, 2.24) is 0 Å².